The zero-order valence-corrected chi connectivity index (χ0v) is 21.1. The first-order valence-electron chi connectivity index (χ1n) is 12.0. The number of carbonyl (C=O) groups excluding carboxylic acids is 1. The zero-order chi connectivity index (χ0) is 25.6. The monoisotopic (exact) mass is 478 g/mol. The number of aryl methyl sites for hydroxylation is 1. The predicted octanol–water partition coefficient (Wildman–Crippen LogP) is 4.81. The minimum absolute atomic E-state index is 0.0312. The SMILES string of the molecule is C=C(/C=C/c1ccc(OC)c(CCCN)c1)C(C)C(=O)/C=C/c1ccc(OCC)c(OCCN)c1. The summed E-state index contributed by atoms with van der Waals surface area (Å²) in [6.45, 7) is 9.83. The topological polar surface area (TPSA) is 96.8 Å². The molecule has 0 aliphatic carbocycles. The van der Waals surface area contributed by atoms with E-state index in [9.17, 15) is 4.79 Å². The third kappa shape index (κ3) is 8.74. The van der Waals surface area contributed by atoms with Crippen LogP contribution in [0.3, 0.4) is 0 Å². The molecule has 6 heteroatoms. The van der Waals surface area contributed by atoms with Gasteiger partial charge in [-0.15, -0.1) is 0 Å². The number of methoxy groups -OCH3 is 1. The highest BCUT2D eigenvalue weighted by molar-refractivity contribution is 5.97. The summed E-state index contributed by atoms with van der Waals surface area (Å²) in [4.78, 5) is 12.8. The number of carbonyl (C=O) groups is 1. The fraction of sp³-hybridized carbons (Fsp3) is 0.345. The van der Waals surface area contributed by atoms with Crippen LogP contribution in [0, 0.1) is 5.92 Å². The third-order valence-corrected chi connectivity index (χ3v) is 5.51. The van der Waals surface area contributed by atoms with Crippen LogP contribution in [-0.4, -0.2) is 39.2 Å². The number of rotatable bonds is 15. The van der Waals surface area contributed by atoms with Gasteiger partial charge in [0.05, 0.1) is 13.7 Å². The molecule has 0 aromatic heterocycles. The van der Waals surface area contributed by atoms with E-state index in [1.165, 1.54) is 0 Å². The summed E-state index contributed by atoms with van der Waals surface area (Å²) in [5.41, 5.74) is 14.9. The van der Waals surface area contributed by atoms with Crippen molar-refractivity contribution in [1.82, 2.24) is 0 Å². The Morgan fingerprint density at radius 3 is 2.31 bits per heavy atom. The third-order valence-electron chi connectivity index (χ3n) is 5.51. The van der Waals surface area contributed by atoms with Gasteiger partial charge in [0.1, 0.15) is 12.4 Å². The molecule has 2 aromatic carbocycles. The molecule has 0 spiro atoms. The normalized spacial score (nSPS) is 12.1. The molecule has 0 amide bonds. The Labute approximate surface area is 209 Å². The molecule has 0 heterocycles. The predicted molar refractivity (Wildman–Crippen MR) is 144 cm³/mol. The van der Waals surface area contributed by atoms with Crippen molar-refractivity contribution < 1.29 is 19.0 Å². The second kappa shape index (κ2) is 14.8. The Hall–Kier alpha value is -3.35. The second-order valence-corrected chi connectivity index (χ2v) is 8.11. The molecule has 0 aliphatic rings. The highest BCUT2D eigenvalue weighted by atomic mass is 16.5. The quantitative estimate of drug-likeness (QED) is 0.282. The van der Waals surface area contributed by atoms with Gasteiger partial charge >= 0.3 is 0 Å². The van der Waals surface area contributed by atoms with E-state index in [1.54, 1.807) is 19.3 Å². The molecule has 1 unspecified atom stereocenters. The van der Waals surface area contributed by atoms with Crippen LogP contribution in [0.1, 0.15) is 37.0 Å². The minimum Gasteiger partial charge on any atom is -0.496 e. The van der Waals surface area contributed by atoms with Gasteiger partial charge in [-0.1, -0.05) is 43.9 Å². The maximum atomic E-state index is 12.8. The van der Waals surface area contributed by atoms with Gasteiger partial charge in [-0.25, -0.2) is 0 Å². The summed E-state index contributed by atoms with van der Waals surface area (Å²) < 4.78 is 16.7. The van der Waals surface area contributed by atoms with Gasteiger partial charge in [0, 0.05) is 12.5 Å². The lowest BCUT2D eigenvalue weighted by Gasteiger charge is -2.12. The van der Waals surface area contributed by atoms with Crippen LogP contribution in [0.2, 0.25) is 0 Å². The van der Waals surface area contributed by atoms with E-state index < -0.39 is 0 Å². The number of hydrogen-bond acceptors (Lipinski definition) is 6. The number of benzene rings is 2. The van der Waals surface area contributed by atoms with Crippen molar-refractivity contribution in [1.29, 1.82) is 0 Å². The van der Waals surface area contributed by atoms with E-state index in [4.69, 9.17) is 25.7 Å². The maximum absolute atomic E-state index is 12.8. The van der Waals surface area contributed by atoms with E-state index in [-0.39, 0.29) is 11.7 Å². The fourth-order valence-corrected chi connectivity index (χ4v) is 3.43. The largest absolute Gasteiger partial charge is 0.496 e. The molecule has 4 N–H and O–H groups in total. The summed E-state index contributed by atoms with van der Waals surface area (Å²) in [6.07, 6.45) is 8.95. The molecule has 2 rings (SSSR count). The Balaban J connectivity index is 2.07. The molecule has 0 saturated heterocycles. The van der Waals surface area contributed by atoms with Gasteiger partial charge in [0.25, 0.3) is 0 Å². The maximum Gasteiger partial charge on any atom is 0.162 e. The van der Waals surface area contributed by atoms with Crippen molar-refractivity contribution in [3.05, 3.63) is 77.4 Å². The van der Waals surface area contributed by atoms with Gasteiger partial charge < -0.3 is 25.7 Å². The molecule has 6 nitrogen and oxygen atoms in total. The van der Waals surface area contributed by atoms with Gasteiger partial charge in [-0.05, 0) is 78.9 Å². The molecule has 0 bridgehead atoms. The van der Waals surface area contributed by atoms with Crippen molar-refractivity contribution in [2.24, 2.45) is 17.4 Å². The molecule has 2 aromatic rings. The minimum atomic E-state index is -0.354. The number of hydrogen-bond donors (Lipinski definition) is 2. The highest BCUT2D eigenvalue weighted by Crippen LogP contribution is 2.29. The van der Waals surface area contributed by atoms with Gasteiger partial charge in [0.2, 0.25) is 0 Å². The summed E-state index contributed by atoms with van der Waals surface area (Å²) in [5, 5.41) is 0. The smallest absolute Gasteiger partial charge is 0.162 e. The average Bonchev–Trinajstić information content (AvgIpc) is 2.88. The first kappa shape index (κ1) is 27.9. The Kier molecular flexibility index (Phi) is 11.8. The Bertz CT molecular complexity index is 1040. The van der Waals surface area contributed by atoms with Crippen LogP contribution in [0.15, 0.2) is 60.7 Å². The van der Waals surface area contributed by atoms with E-state index in [0.717, 1.165) is 40.9 Å². The fourth-order valence-electron chi connectivity index (χ4n) is 3.43. The van der Waals surface area contributed by atoms with E-state index >= 15 is 0 Å². The van der Waals surface area contributed by atoms with Gasteiger partial charge in [-0.2, -0.15) is 0 Å². The van der Waals surface area contributed by atoms with E-state index in [2.05, 4.69) is 12.6 Å². The summed E-state index contributed by atoms with van der Waals surface area (Å²) in [6, 6.07) is 11.6. The number of ether oxygens (including phenoxy) is 3. The lowest BCUT2D eigenvalue weighted by Crippen LogP contribution is -2.11. The molecular weight excluding hydrogens is 440 g/mol. The van der Waals surface area contributed by atoms with E-state index in [0.29, 0.717) is 37.8 Å². The van der Waals surface area contributed by atoms with E-state index in [1.807, 2.05) is 56.3 Å². The van der Waals surface area contributed by atoms with Crippen LogP contribution < -0.4 is 25.7 Å². The Morgan fingerprint density at radius 1 is 0.971 bits per heavy atom. The van der Waals surface area contributed by atoms with Gasteiger partial charge in [0.15, 0.2) is 17.3 Å². The number of ketones is 1. The lowest BCUT2D eigenvalue weighted by molar-refractivity contribution is -0.116. The van der Waals surface area contributed by atoms with Crippen molar-refractivity contribution >= 4 is 17.9 Å². The Morgan fingerprint density at radius 2 is 1.66 bits per heavy atom. The van der Waals surface area contributed by atoms with Crippen LogP contribution in [-0.2, 0) is 11.2 Å². The summed E-state index contributed by atoms with van der Waals surface area (Å²) in [5.74, 6) is 1.73. The highest BCUT2D eigenvalue weighted by Gasteiger charge is 2.12. The first-order valence-corrected chi connectivity index (χ1v) is 12.0. The first-order chi connectivity index (χ1) is 16.9. The van der Waals surface area contributed by atoms with Crippen LogP contribution in [0.4, 0.5) is 0 Å². The van der Waals surface area contributed by atoms with Crippen LogP contribution in [0.25, 0.3) is 12.2 Å². The molecular formula is C29H38N2O4. The average molecular weight is 479 g/mol. The zero-order valence-electron chi connectivity index (χ0n) is 21.1. The molecule has 188 valence electrons. The van der Waals surface area contributed by atoms with Gasteiger partial charge in [-0.3, -0.25) is 4.79 Å². The van der Waals surface area contributed by atoms with Crippen molar-refractivity contribution in [3.63, 3.8) is 0 Å². The lowest BCUT2D eigenvalue weighted by atomic mass is 9.95. The van der Waals surface area contributed by atoms with Crippen molar-refractivity contribution in [2.45, 2.75) is 26.7 Å². The molecule has 0 saturated carbocycles. The summed E-state index contributed by atoms with van der Waals surface area (Å²) >= 11 is 0. The van der Waals surface area contributed by atoms with Crippen LogP contribution >= 0.6 is 0 Å². The number of allylic oxidation sites excluding steroid dienone is 3. The molecule has 0 aliphatic heterocycles. The standard InChI is InChI=1S/C29H38N2O4/c1-5-34-28-15-12-24(20-29(28)35-18-17-31)10-13-26(32)22(3)21(2)8-9-23-11-14-27(33-4)25(19-23)7-6-16-30/h8-15,19-20,22H,2,5-7,16-18,30-31H2,1,3-4H3/b9-8+,13-10+. The number of nitrogens with two attached hydrogens (primary N) is 2. The summed E-state index contributed by atoms with van der Waals surface area (Å²) in [7, 11) is 1.67. The van der Waals surface area contributed by atoms with Crippen molar-refractivity contribution in [2.75, 3.05) is 33.4 Å². The van der Waals surface area contributed by atoms with Crippen LogP contribution in [0.5, 0.6) is 17.2 Å². The molecule has 0 fully saturated rings. The molecule has 0 radical (unpaired) electrons. The van der Waals surface area contributed by atoms with Crippen molar-refractivity contribution in [3.8, 4) is 17.2 Å². The second-order valence-electron chi connectivity index (χ2n) is 8.11. The molecule has 1 atom stereocenters. The molecule has 35 heavy (non-hydrogen) atoms.